The van der Waals surface area contributed by atoms with Crippen LogP contribution in [-0.4, -0.2) is 71.1 Å². The number of likely N-dealkylation sites (N-methyl/N-ethyl adjacent to an activating group) is 1. The Balaban J connectivity index is 1.66. The van der Waals surface area contributed by atoms with Gasteiger partial charge in [-0.05, 0) is 37.4 Å². The molecule has 0 atom stereocenters. The summed E-state index contributed by atoms with van der Waals surface area (Å²) in [5.74, 6) is 0.00569. The second-order valence-corrected chi connectivity index (χ2v) is 7.38. The molecule has 1 aliphatic rings. The molecule has 1 aromatic carbocycles. The zero-order valence-corrected chi connectivity index (χ0v) is 17.0. The van der Waals surface area contributed by atoms with Crippen molar-refractivity contribution in [3.8, 4) is 6.07 Å². The Morgan fingerprint density at radius 3 is 2.67 bits per heavy atom. The number of aromatic nitrogens is 2. The summed E-state index contributed by atoms with van der Waals surface area (Å²) in [7, 11) is 3.83. The number of nitrogens with one attached hydrogen (secondary N) is 2. The topological polar surface area (TPSA) is 101 Å². The van der Waals surface area contributed by atoms with Gasteiger partial charge in [-0.15, -0.1) is 0 Å². The summed E-state index contributed by atoms with van der Waals surface area (Å²) in [6.45, 7) is 3.16. The Kier molecular flexibility index (Phi) is 5.21. The third-order valence-electron chi connectivity index (χ3n) is 5.49. The molecule has 2 aromatic heterocycles. The van der Waals surface area contributed by atoms with Crippen molar-refractivity contribution in [3.63, 3.8) is 0 Å². The molecule has 1 saturated heterocycles. The first-order valence-corrected chi connectivity index (χ1v) is 9.78. The first-order valence-electron chi connectivity index (χ1n) is 9.78. The van der Waals surface area contributed by atoms with E-state index in [9.17, 15) is 10.1 Å². The summed E-state index contributed by atoms with van der Waals surface area (Å²) in [4.78, 5) is 21.3. The van der Waals surface area contributed by atoms with Gasteiger partial charge < -0.3 is 15.1 Å². The van der Waals surface area contributed by atoms with Gasteiger partial charge in [-0.25, -0.2) is 4.98 Å². The highest BCUT2D eigenvalue weighted by Gasteiger charge is 2.22. The van der Waals surface area contributed by atoms with E-state index in [4.69, 9.17) is 5.41 Å². The highest BCUT2D eigenvalue weighted by molar-refractivity contribution is 6.14. The van der Waals surface area contributed by atoms with Gasteiger partial charge in [0.05, 0.1) is 23.2 Å². The van der Waals surface area contributed by atoms with Crippen LogP contribution >= 0.6 is 0 Å². The molecule has 8 heteroatoms. The molecule has 1 aliphatic heterocycles. The first kappa shape index (κ1) is 19.6. The number of pyridine rings is 1. The van der Waals surface area contributed by atoms with E-state index in [0.717, 1.165) is 13.1 Å². The van der Waals surface area contributed by atoms with Crippen molar-refractivity contribution < 1.29 is 4.79 Å². The number of carbonyl (C=O) groups excluding carboxylic acids is 1. The van der Waals surface area contributed by atoms with Crippen LogP contribution in [-0.2, 0) is 0 Å². The predicted molar refractivity (Wildman–Crippen MR) is 115 cm³/mol. The number of amides is 1. The molecular weight excluding hydrogens is 378 g/mol. The van der Waals surface area contributed by atoms with E-state index in [1.54, 1.807) is 54.2 Å². The molecule has 3 aromatic rings. The fraction of sp³-hybridized carbons (Fsp3) is 0.273. The number of nitriles is 1. The van der Waals surface area contributed by atoms with Gasteiger partial charge >= 0.3 is 0 Å². The molecule has 0 spiro atoms. The lowest BCUT2D eigenvalue weighted by molar-refractivity contribution is 0.0664. The maximum Gasteiger partial charge on any atom is 0.254 e. The molecule has 2 N–H and O–H groups in total. The van der Waals surface area contributed by atoms with Gasteiger partial charge in [-0.2, -0.15) is 5.26 Å². The molecule has 1 amide bonds. The summed E-state index contributed by atoms with van der Waals surface area (Å²) in [6.07, 6.45) is 3.30. The Labute approximate surface area is 174 Å². The maximum absolute atomic E-state index is 12.9. The lowest BCUT2D eigenvalue weighted by Crippen LogP contribution is -2.47. The number of rotatable bonds is 4. The zero-order valence-electron chi connectivity index (χ0n) is 17.0. The summed E-state index contributed by atoms with van der Waals surface area (Å²) >= 11 is 0. The summed E-state index contributed by atoms with van der Waals surface area (Å²) in [5.41, 5.74) is 3.98. The largest absolute Gasteiger partial charge is 0.388 e. The van der Waals surface area contributed by atoms with Crippen LogP contribution in [0.15, 0.2) is 42.7 Å². The Morgan fingerprint density at radius 2 is 1.97 bits per heavy atom. The molecule has 0 saturated carbocycles. The van der Waals surface area contributed by atoms with Crippen LogP contribution in [0.2, 0.25) is 0 Å². The van der Waals surface area contributed by atoms with Crippen molar-refractivity contribution in [2.24, 2.45) is 0 Å². The quantitative estimate of drug-likeness (QED) is 0.652. The highest BCUT2D eigenvalue weighted by atomic mass is 16.2. The van der Waals surface area contributed by atoms with Gasteiger partial charge in [0.2, 0.25) is 0 Å². The molecule has 4 rings (SSSR count). The van der Waals surface area contributed by atoms with Crippen LogP contribution in [0, 0.1) is 16.7 Å². The second-order valence-electron chi connectivity index (χ2n) is 7.38. The van der Waals surface area contributed by atoms with Crippen molar-refractivity contribution in [2.75, 3.05) is 45.6 Å². The molecule has 0 bridgehead atoms. The lowest BCUT2D eigenvalue weighted by Gasteiger charge is -2.32. The van der Waals surface area contributed by atoms with Gasteiger partial charge in [0.15, 0.2) is 0 Å². The van der Waals surface area contributed by atoms with Gasteiger partial charge in [-0.3, -0.25) is 14.6 Å². The van der Waals surface area contributed by atoms with Crippen molar-refractivity contribution in [1.29, 1.82) is 10.7 Å². The van der Waals surface area contributed by atoms with Crippen LogP contribution in [0.3, 0.4) is 0 Å². The van der Waals surface area contributed by atoms with Crippen LogP contribution in [0.5, 0.6) is 0 Å². The second kappa shape index (κ2) is 7.97. The number of hydrogen-bond donors (Lipinski definition) is 2. The minimum Gasteiger partial charge on any atom is -0.388 e. The Hall–Kier alpha value is -3.70. The van der Waals surface area contributed by atoms with Crippen LogP contribution in [0.1, 0.15) is 27.2 Å². The molecular formula is C22H23N7O. The number of benzene rings is 1. The molecule has 8 nitrogen and oxygen atoms in total. The minimum absolute atomic E-state index is 0.00569. The minimum atomic E-state index is 0.00569. The lowest BCUT2D eigenvalue weighted by atomic mass is 10.0. The summed E-state index contributed by atoms with van der Waals surface area (Å²) < 4.78 is 1.74. The van der Waals surface area contributed by atoms with Crippen molar-refractivity contribution >= 4 is 23.0 Å². The fourth-order valence-corrected chi connectivity index (χ4v) is 3.66. The number of anilines is 1. The number of hydrogen-bond acceptors (Lipinski definition) is 6. The van der Waals surface area contributed by atoms with Crippen molar-refractivity contribution in [2.45, 2.75) is 0 Å². The van der Waals surface area contributed by atoms with Crippen LogP contribution in [0.25, 0.3) is 5.65 Å². The Morgan fingerprint density at radius 1 is 1.20 bits per heavy atom. The average molecular weight is 401 g/mol. The monoisotopic (exact) mass is 401 g/mol. The van der Waals surface area contributed by atoms with E-state index in [-0.39, 0.29) is 11.6 Å². The SMILES string of the molecule is CNc1cc(C(=O)N2CCN(C)CC2)ccc1C(=N)c1cnc2ccc(C#N)cn12. The normalized spacial score (nSPS) is 14.5. The highest BCUT2D eigenvalue weighted by Crippen LogP contribution is 2.23. The van der Waals surface area contributed by atoms with E-state index in [2.05, 4.69) is 28.3 Å². The van der Waals surface area contributed by atoms with E-state index in [0.29, 0.717) is 46.8 Å². The average Bonchev–Trinajstić information content (AvgIpc) is 3.21. The predicted octanol–water partition coefficient (Wildman–Crippen LogP) is 2.05. The van der Waals surface area contributed by atoms with Crippen molar-refractivity contribution in [1.82, 2.24) is 19.2 Å². The third-order valence-corrected chi connectivity index (χ3v) is 5.49. The fourth-order valence-electron chi connectivity index (χ4n) is 3.66. The smallest absolute Gasteiger partial charge is 0.254 e. The summed E-state index contributed by atoms with van der Waals surface area (Å²) in [5, 5.41) is 21.0. The molecule has 30 heavy (non-hydrogen) atoms. The third kappa shape index (κ3) is 3.51. The van der Waals surface area contributed by atoms with Gasteiger partial charge in [0.1, 0.15) is 11.7 Å². The number of carbonyl (C=O) groups is 1. The van der Waals surface area contributed by atoms with Gasteiger partial charge in [-0.1, -0.05) is 0 Å². The Bertz CT molecular complexity index is 1170. The van der Waals surface area contributed by atoms with E-state index in [1.165, 1.54) is 0 Å². The number of imidazole rings is 1. The maximum atomic E-state index is 12.9. The van der Waals surface area contributed by atoms with Crippen LogP contribution in [0.4, 0.5) is 5.69 Å². The molecule has 0 aliphatic carbocycles. The number of nitrogens with zero attached hydrogens (tertiary/aromatic N) is 5. The van der Waals surface area contributed by atoms with Gasteiger partial charge in [0, 0.05) is 56.2 Å². The molecule has 0 unspecified atom stereocenters. The number of piperazine rings is 1. The zero-order chi connectivity index (χ0) is 21.3. The summed E-state index contributed by atoms with van der Waals surface area (Å²) in [6, 6.07) is 10.9. The van der Waals surface area contributed by atoms with Crippen LogP contribution < -0.4 is 5.32 Å². The first-order chi connectivity index (χ1) is 14.5. The van der Waals surface area contributed by atoms with E-state index < -0.39 is 0 Å². The standard InChI is InChI=1S/C22H23N7O/c1-25-18-11-16(22(30)28-9-7-27(2)8-10-28)4-5-17(18)21(24)19-13-26-20-6-3-15(12-23)14-29(19)20/h3-6,11,13-14,24-25H,7-10H2,1-2H3. The molecule has 0 radical (unpaired) electrons. The molecule has 3 heterocycles. The van der Waals surface area contributed by atoms with E-state index >= 15 is 0 Å². The molecule has 1 fully saturated rings. The van der Waals surface area contributed by atoms with Gasteiger partial charge in [0.25, 0.3) is 5.91 Å². The number of fused-ring (bicyclic) bond motifs is 1. The molecule has 152 valence electrons. The van der Waals surface area contributed by atoms with E-state index in [1.807, 2.05) is 4.90 Å². The van der Waals surface area contributed by atoms with Crippen molar-refractivity contribution in [3.05, 3.63) is 65.1 Å².